The van der Waals surface area contributed by atoms with Crippen molar-refractivity contribution in [3.05, 3.63) is 35.4 Å². The topological polar surface area (TPSA) is 61.2 Å². The third-order valence-corrected chi connectivity index (χ3v) is 2.56. The van der Waals surface area contributed by atoms with Gasteiger partial charge in [-0.3, -0.25) is 14.5 Å². The second-order valence-corrected chi connectivity index (χ2v) is 3.80. The van der Waals surface area contributed by atoms with Gasteiger partial charge in [-0.05, 0) is 19.1 Å². The highest BCUT2D eigenvalue weighted by molar-refractivity contribution is 6.21. The fourth-order valence-corrected chi connectivity index (χ4v) is 1.72. The van der Waals surface area contributed by atoms with Crippen LogP contribution in [0.4, 0.5) is 0 Å². The lowest BCUT2D eigenvalue weighted by Crippen LogP contribution is -2.33. The molecular weight excluding hydrogens is 204 g/mol. The highest BCUT2D eigenvalue weighted by atomic mass is 16.2. The summed E-state index contributed by atoms with van der Waals surface area (Å²) in [5.74, 6) is -0.951. The van der Waals surface area contributed by atoms with Crippen molar-refractivity contribution < 1.29 is 9.59 Å². The van der Waals surface area contributed by atoms with Crippen LogP contribution >= 0.6 is 0 Å². The number of amides is 2. The van der Waals surface area contributed by atoms with E-state index in [0.29, 0.717) is 11.1 Å². The van der Waals surface area contributed by atoms with Crippen molar-refractivity contribution in [3.8, 4) is 6.07 Å². The van der Waals surface area contributed by atoms with E-state index in [1.807, 2.05) is 6.07 Å². The van der Waals surface area contributed by atoms with Crippen LogP contribution < -0.4 is 0 Å². The van der Waals surface area contributed by atoms with E-state index < -0.39 is 0 Å². The quantitative estimate of drug-likeness (QED) is 0.700. The van der Waals surface area contributed by atoms with E-state index in [2.05, 4.69) is 0 Å². The molecule has 16 heavy (non-hydrogen) atoms. The number of nitrogens with zero attached hydrogens (tertiary/aromatic N) is 2. The fourth-order valence-electron chi connectivity index (χ4n) is 1.72. The van der Waals surface area contributed by atoms with Crippen molar-refractivity contribution in [2.45, 2.75) is 6.92 Å². The Morgan fingerprint density at radius 1 is 1.25 bits per heavy atom. The molecule has 80 valence electrons. The largest absolute Gasteiger partial charge is 0.273 e. The van der Waals surface area contributed by atoms with Gasteiger partial charge in [0.25, 0.3) is 11.8 Å². The third kappa shape index (κ3) is 1.47. The summed E-state index contributed by atoms with van der Waals surface area (Å²) in [6.45, 7) is 1.84. The Bertz CT molecular complexity index is 467. The molecule has 0 aliphatic carbocycles. The van der Waals surface area contributed by atoms with Gasteiger partial charge in [0.1, 0.15) is 0 Å². The number of imide groups is 1. The Hall–Kier alpha value is -2.15. The predicted molar refractivity (Wildman–Crippen MR) is 56.6 cm³/mol. The number of carbonyl (C=O) groups excluding carboxylic acids is 2. The lowest BCUT2D eigenvalue weighted by molar-refractivity contribution is 0.0643. The summed E-state index contributed by atoms with van der Waals surface area (Å²) in [4.78, 5) is 24.8. The molecule has 2 rings (SSSR count). The number of nitriles is 1. The molecule has 0 saturated carbocycles. The average molecular weight is 214 g/mol. The van der Waals surface area contributed by atoms with Gasteiger partial charge in [-0.2, -0.15) is 5.26 Å². The third-order valence-electron chi connectivity index (χ3n) is 2.56. The number of hydrogen-bond acceptors (Lipinski definition) is 3. The molecule has 0 radical (unpaired) electrons. The van der Waals surface area contributed by atoms with E-state index in [1.54, 1.807) is 31.2 Å². The van der Waals surface area contributed by atoms with E-state index in [9.17, 15) is 9.59 Å². The Morgan fingerprint density at radius 3 is 2.19 bits per heavy atom. The number of benzene rings is 1. The summed E-state index contributed by atoms with van der Waals surface area (Å²) >= 11 is 0. The zero-order valence-electron chi connectivity index (χ0n) is 8.80. The second-order valence-electron chi connectivity index (χ2n) is 3.80. The van der Waals surface area contributed by atoms with E-state index in [0.717, 1.165) is 4.90 Å². The first-order chi connectivity index (χ1) is 7.65. The molecular formula is C12H10N2O2. The van der Waals surface area contributed by atoms with Gasteiger partial charge in [-0.25, -0.2) is 0 Å². The van der Waals surface area contributed by atoms with Crippen LogP contribution in [0.3, 0.4) is 0 Å². The Balaban J connectivity index is 2.33. The Morgan fingerprint density at radius 2 is 1.75 bits per heavy atom. The van der Waals surface area contributed by atoms with Crippen LogP contribution in [-0.4, -0.2) is 23.3 Å². The molecule has 1 heterocycles. The van der Waals surface area contributed by atoms with Crippen LogP contribution in [0.5, 0.6) is 0 Å². The van der Waals surface area contributed by atoms with Crippen molar-refractivity contribution >= 4 is 11.8 Å². The maximum Gasteiger partial charge on any atom is 0.261 e. The van der Waals surface area contributed by atoms with Crippen LogP contribution in [0.25, 0.3) is 0 Å². The number of rotatable bonds is 2. The first-order valence-corrected chi connectivity index (χ1v) is 5.00. The van der Waals surface area contributed by atoms with Gasteiger partial charge < -0.3 is 0 Å². The summed E-state index contributed by atoms with van der Waals surface area (Å²) in [7, 11) is 0. The number of hydrogen-bond donors (Lipinski definition) is 0. The molecule has 0 N–H and O–H groups in total. The molecule has 4 heteroatoms. The van der Waals surface area contributed by atoms with Crippen molar-refractivity contribution in [2.75, 3.05) is 6.54 Å². The molecule has 1 aromatic carbocycles. The fraction of sp³-hybridized carbons (Fsp3) is 0.250. The minimum absolute atomic E-state index is 0.156. The van der Waals surface area contributed by atoms with Gasteiger partial charge in [0.15, 0.2) is 0 Å². The number of carbonyl (C=O) groups is 2. The monoisotopic (exact) mass is 214 g/mol. The maximum absolute atomic E-state index is 11.9. The zero-order valence-corrected chi connectivity index (χ0v) is 8.80. The first kappa shape index (κ1) is 10.4. The van der Waals surface area contributed by atoms with Gasteiger partial charge in [0, 0.05) is 6.54 Å². The van der Waals surface area contributed by atoms with Gasteiger partial charge >= 0.3 is 0 Å². The standard InChI is InChI=1S/C12H10N2O2/c1-8(6-13)7-14-11(15)9-4-2-3-5-10(9)12(14)16/h2-5,8H,7H2,1H3. The van der Waals surface area contributed by atoms with Crippen molar-refractivity contribution in [1.29, 1.82) is 5.26 Å². The van der Waals surface area contributed by atoms with Crippen LogP contribution in [0, 0.1) is 17.2 Å². The van der Waals surface area contributed by atoms with Gasteiger partial charge in [0.2, 0.25) is 0 Å². The van der Waals surface area contributed by atoms with Gasteiger partial charge in [-0.15, -0.1) is 0 Å². The zero-order chi connectivity index (χ0) is 11.7. The van der Waals surface area contributed by atoms with Gasteiger partial charge in [0.05, 0.1) is 23.1 Å². The molecule has 1 unspecified atom stereocenters. The SMILES string of the molecule is CC(C#N)CN1C(=O)c2ccccc2C1=O. The van der Waals surface area contributed by atoms with Crippen LogP contribution in [-0.2, 0) is 0 Å². The summed E-state index contributed by atoms with van der Waals surface area (Å²) in [6.07, 6.45) is 0. The molecule has 0 bridgehead atoms. The highest BCUT2D eigenvalue weighted by Crippen LogP contribution is 2.22. The lowest BCUT2D eigenvalue weighted by atomic mass is 10.1. The average Bonchev–Trinajstić information content (AvgIpc) is 2.55. The van der Waals surface area contributed by atoms with Crippen LogP contribution in [0.15, 0.2) is 24.3 Å². The molecule has 0 spiro atoms. The summed E-state index contributed by atoms with van der Waals surface area (Å²) in [5, 5.41) is 8.69. The second kappa shape index (κ2) is 3.78. The maximum atomic E-state index is 11.9. The van der Waals surface area contributed by atoms with E-state index in [4.69, 9.17) is 5.26 Å². The predicted octanol–water partition coefficient (Wildman–Crippen LogP) is 1.44. The first-order valence-electron chi connectivity index (χ1n) is 5.00. The Kier molecular flexibility index (Phi) is 2.45. The van der Waals surface area contributed by atoms with E-state index in [1.165, 1.54) is 0 Å². The molecule has 1 atom stereocenters. The molecule has 1 aliphatic heterocycles. The van der Waals surface area contributed by atoms with Crippen LogP contribution in [0.2, 0.25) is 0 Å². The van der Waals surface area contributed by atoms with Crippen molar-refractivity contribution in [3.63, 3.8) is 0 Å². The molecule has 4 nitrogen and oxygen atoms in total. The Labute approximate surface area is 93.1 Å². The minimum atomic E-state index is -0.345. The molecule has 0 fully saturated rings. The highest BCUT2D eigenvalue weighted by Gasteiger charge is 2.35. The van der Waals surface area contributed by atoms with Gasteiger partial charge in [-0.1, -0.05) is 12.1 Å². The number of fused-ring (bicyclic) bond motifs is 1. The molecule has 0 aromatic heterocycles. The smallest absolute Gasteiger partial charge is 0.261 e. The molecule has 2 amide bonds. The van der Waals surface area contributed by atoms with E-state index in [-0.39, 0.29) is 24.3 Å². The molecule has 1 aromatic rings. The molecule has 0 saturated heterocycles. The van der Waals surface area contributed by atoms with Crippen molar-refractivity contribution in [2.24, 2.45) is 5.92 Å². The summed E-state index contributed by atoms with van der Waals surface area (Å²) in [6, 6.07) is 8.72. The molecule has 1 aliphatic rings. The lowest BCUT2D eigenvalue weighted by Gasteiger charge is -2.14. The minimum Gasteiger partial charge on any atom is -0.273 e. The summed E-state index contributed by atoms with van der Waals surface area (Å²) < 4.78 is 0. The summed E-state index contributed by atoms with van der Waals surface area (Å²) in [5.41, 5.74) is 0.857. The van der Waals surface area contributed by atoms with Crippen LogP contribution in [0.1, 0.15) is 27.6 Å². The van der Waals surface area contributed by atoms with E-state index >= 15 is 0 Å². The normalized spacial score (nSPS) is 15.9. The van der Waals surface area contributed by atoms with Crippen molar-refractivity contribution in [1.82, 2.24) is 4.90 Å².